The van der Waals surface area contributed by atoms with Crippen molar-refractivity contribution in [2.75, 3.05) is 6.61 Å². The molecule has 0 aliphatic heterocycles. The zero-order valence-electron chi connectivity index (χ0n) is 8.50. The third kappa shape index (κ3) is 1.80. The maximum Gasteiger partial charge on any atom is 0.0675 e. The van der Waals surface area contributed by atoms with Crippen molar-refractivity contribution in [1.82, 2.24) is 0 Å². The average molecular weight is 172 g/mol. The van der Waals surface area contributed by atoms with Crippen molar-refractivity contribution in [2.24, 2.45) is 11.3 Å². The highest BCUT2D eigenvalue weighted by Crippen LogP contribution is 2.42. The van der Waals surface area contributed by atoms with Crippen LogP contribution in [0.3, 0.4) is 0 Å². The molecule has 0 aromatic rings. The quantitative estimate of drug-likeness (QED) is 0.703. The summed E-state index contributed by atoms with van der Waals surface area (Å²) in [4.78, 5) is 0. The molecule has 0 heterocycles. The Morgan fingerprint density at radius 2 is 2.08 bits per heavy atom. The van der Waals surface area contributed by atoms with Crippen molar-refractivity contribution in [1.29, 1.82) is 0 Å². The predicted molar refractivity (Wildman–Crippen MR) is 49.0 cm³/mol. The molecule has 0 unspecified atom stereocenters. The molecule has 0 aromatic heterocycles. The normalized spacial score (nSPS) is 33.5. The Morgan fingerprint density at radius 1 is 1.50 bits per heavy atom. The summed E-state index contributed by atoms with van der Waals surface area (Å²) in [6.07, 6.45) is 0.893. The van der Waals surface area contributed by atoms with E-state index in [1.54, 1.807) is 0 Å². The summed E-state index contributed by atoms with van der Waals surface area (Å²) in [6.45, 7) is 9.21. The van der Waals surface area contributed by atoms with Crippen molar-refractivity contribution >= 4 is 0 Å². The standard InChI is InChI=1S/C10H20O2/c1-7(2)6-12-9-5-8(11)10(9,3)4/h7-9,11H,5-6H2,1-4H3/t8-,9+/m1/s1. The Morgan fingerprint density at radius 3 is 2.42 bits per heavy atom. The van der Waals surface area contributed by atoms with Crippen LogP contribution in [0.4, 0.5) is 0 Å². The van der Waals surface area contributed by atoms with Crippen LogP contribution in [0.5, 0.6) is 0 Å². The van der Waals surface area contributed by atoms with Crippen LogP contribution < -0.4 is 0 Å². The molecule has 0 amide bonds. The first kappa shape index (κ1) is 10.0. The highest BCUT2D eigenvalue weighted by molar-refractivity contribution is 4.98. The smallest absolute Gasteiger partial charge is 0.0675 e. The monoisotopic (exact) mass is 172 g/mol. The molecule has 2 nitrogen and oxygen atoms in total. The van der Waals surface area contributed by atoms with Gasteiger partial charge in [-0.25, -0.2) is 0 Å². The van der Waals surface area contributed by atoms with Crippen molar-refractivity contribution in [3.63, 3.8) is 0 Å². The van der Waals surface area contributed by atoms with Gasteiger partial charge in [0.15, 0.2) is 0 Å². The first-order chi connectivity index (χ1) is 5.44. The maximum absolute atomic E-state index is 9.43. The molecule has 1 rings (SSSR count). The number of aliphatic hydroxyl groups is 1. The van der Waals surface area contributed by atoms with Gasteiger partial charge in [0.25, 0.3) is 0 Å². The first-order valence-corrected chi connectivity index (χ1v) is 4.74. The Hall–Kier alpha value is -0.0800. The summed E-state index contributed by atoms with van der Waals surface area (Å²) >= 11 is 0. The summed E-state index contributed by atoms with van der Waals surface area (Å²) in [7, 11) is 0. The van der Waals surface area contributed by atoms with E-state index in [2.05, 4.69) is 27.7 Å². The fourth-order valence-corrected chi connectivity index (χ4v) is 1.46. The minimum atomic E-state index is -0.172. The van der Waals surface area contributed by atoms with Crippen LogP contribution in [0.25, 0.3) is 0 Å². The molecule has 1 saturated carbocycles. The van der Waals surface area contributed by atoms with Crippen LogP contribution >= 0.6 is 0 Å². The lowest BCUT2D eigenvalue weighted by Gasteiger charge is -2.48. The van der Waals surface area contributed by atoms with Crippen LogP contribution in [-0.2, 0) is 4.74 Å². The SMILES string of the molecule is CC(C)CO[C@H]1C[C@@H](O)C1(C)C. The van der Waals surface area contributed by atoms with Gasteiger partial charge >= 0.3 is 0 Å². The molecule has 0 bridgehead atoms. The van der Waals surface area contributed by atoms with Gasteiger partial charge in [-0.1, -0.05) is 27.7 Å². The first-order valence-electron chi connectivity index (χ1n) is 4.74. The van der Waals surface area contributed by atoms with E-state index >= 15 is 0 Å². The molecule has 0 aromatic carbocycles. The number of hydrogen-bond acceptors (Lipinski definition) is 2. The van der Waals surface area contributed by atoms with Crippen LogP contribution in [-0.4, -0.2) is 23.9 Å². The molecule has 2 atom stereocenters. The van der Waals surface area contributed by atoms with Gasteiger partial charge in [0.05, 0.1) is 12.2 Å². The van der Waals surface area contributed by atoms with E-state index < -0.39 is 0 Å². The molecule has 0 spiro atoms. The third-order valence-corrected chi connectivity index (χ3v) is 2.76. The number of rotatable bonds is 3. The third-order valence-electron chi connectivity index (χ3n) is 2.76. The summed E-state index contributed by atoms with van der Waals surface area (Å²) in [5, 5.41) is 9.43. The summed E-state index contributed by atoms with van der Waals surface area (Å²) in [6, 6.07) is 0. The summed E-state index contributed by atoms with van der Waals surface area (Å²) in [5.74, 6) is 0.582. The lowest BCUT2D eigenvalue weighted by Crippen LogP contribution is -2.54. The van der Waals surface area contributed by atoms with Crippen molar-refractivity contribution in [3.05, 3.63) is 0 Å². The topological polar surface area (TPSA) is 29.5 Å². The van der Waals surface area contributed by atoms with Gasteiger partial charge in [-0.05, 0) is 5.92 Å². The van der Waals surface area contributed by atoms with Crippen LogP contribution in [0, 0.1) is 11.3 Å². The van der Waals surface area contributed by atoms with E-state index in [0.29, 0.717) is 5.92 Å². The zero-order chi connectivity index (χ0) is 9.35. The van der Waals surface area contributed by atoms with E-state index in [-0.39, 0.29) is 17.6 Å². The van der Waals surface area contributed by atoms with Gasteiger partial charge in [-0.3, -0.25) is 0 Å². The van der Waals surface area contributed by atoms with E-state index in [9.17, 15) is 5.11 Å². The molecule has 0 saturated heterocycles. The number of aliphatic hydroxyl groups excluding tert-OH is 1. The predicted octanol–water partition coefficient (Wildman–Crippen LogP) is 1.82. The zero-order valence-corrected chi connectivity index (χ0v) is 8.50. The highest BCUT2D eigenvalue weighted by Gasteiger charge is 2.48. The van der Waals surface area contributed by atoms with E-state index in [1.807, 2.05) is 0 Å². The summed E-state index contributed by atoms with van der Waals surface area (Å²) < 4.78 is 5.67. The minimum Gasteiger partial charge on any atom is -0.392 e. The van der Waals surface area contributed by atoms with Gasteiger partial charge in [0.1, 0.15) is 0 Å². The Kier molecular flexibility index (Phi) is 2.79. The van der Waals surface area contributed by atoms with Gasteiger partial charge in [-0.2, -0.15) is 0 Å². The van der Waals surface area contributed by atoms with Gasteiger partial charge in [0.2, 0.25) is 0 Å². The van der Waals surface area contributed by atoms with Crippen molar-refractivity contribution in [3.8, 4) is 0 Å². The van der Waals surface area contributed by atoms with Crippen LogP contribution in [0.15, 0.2) is 0 Å². The Labute approximate surface area is 74.9 Å². The second-order valence-electron chi connectivity index (χ2n) is 4.79. The number of hydrogen-bond donors (Lipinski definition) is 1. The molecule has 1 N–H and O–H groups in total. The molecule has 0 radical (unpaired) electrons. The fourth-order valence-electron chi connectivity index (χ4n) is 1.46. The van der Waals surface area contributed by atoms with Crippen molar-refractivity contribution < 1.29 is 9.84 Å². The summed E-state index contributed by atoms with van der Waals surface area (Å²) in [5.41, 5.74) is -0.0328. The van der Waals surface area contributed by atoms with Gasteiger partial charge in [-0.15, -0.1) is 0 Å². The molecule has 1 aliphatic rings. The molecule has 1 aliphatic carbocycles. The molecular formula is C10H20O2. The second-order valence-corrected chi connectivity index (χ2v) is 4.79. The minimum absolute atomic E-state index is 0.0328. The lowest BCUT2D eigenvalue weighted by atomic mass is 9.66. The maximum atomic E-state index is 9.43. The van der Waals surface area contributed by atoms with Crippen LogP contribution in [0.1, 0.15) is 34.1 Å². The van der Waals surface area contributed by atoms with E-state index in [4.69, 9.17) is 4.74 Å². The molecule has 2 heteroatoms. The van der Waals surface area contributed by atoms with Crippen molar-refractivity contribution in [2.45, 2.75) is 46.3 Å². The molecule has 12 heavy (non-hydrogen) atoms. The van der Waals surface area contributed by atoms with E-state index in [1.165, 1.54) is 0 Å². The largest absolute Gasteiger partial charge is 0.392 e. The molecule has 1 fully saturated rings. The lowest BCUT2D eigenvalue weighted by molar-refractivity contribution is -0.178. The van der Waals surface area contributed by atoms with Gasteiger partial charge < -0.3 is 9.84 Å². The van der Waals surface area contributed by atoms with Crippen LogP contribution in [0.2, 0.25) is 0 Å². The molecular weight excluding hydrogens is 152 g/mol. The second kappa shape index (κ2) is 3.35. The van der Waals surface area contributed by atoms with E-state index in [0.717, 1.165) is 13.0 Å². The Balaban J connectivity index is 2.28. The average Bonchev–Trinajstić information content (AvgIpc) is 1.97. The Bertz CT molecular complexity index is 152. The fraction of sp³-hybridized carbons (Fsp3) is 1.00. The van der Waals surface area contributed by atoms with Gasteiger partial charge in [0, 0.05) is 18.4 Å². The molecule has 72 valence electrons. The highest BCUT2D eigenvalue weighted by atomic mass is 16.5. The number of ether oxygens (including phenoxy) is 1.